The molecule has 0 radical (unpaired) electrons. The van der Waals surface area contributed by atoms with E-state index in [4.69, 9.17) is 4.74 Å². The molecule has 0 aliphatic heterocycles. The topological polar surface area (TPSA) is 34.1 Å². The van der Waals surface area contributed by atoms with Crippen molar-refractivity contribution in [3.63, 3.8) is 0 Å². The van der Waals surface area contributed by atoms with Crippen LogP contribution in [0.3, 0.4) is 0 Å². The van der Waals surface area contributed by atoms with Crippen LogP contribution in [0.4, 0.5) is 0 Å². The smallest absolute Gasteiger partial charge is 0.140 e. The molecule has 1 heterocycles. The molecule has 1 aromatic rings. The third kappa shape index (κ3) is 4.78. The van der Waals surface area contributed by atoms with Crippen LogP contribution in [-0.4, -0.2) is 24.2 Å². The molecule has 1 fully saturated rings. The van der Waals surface area contributed by atoms with Gasteiger partial charge >= 0.3 is 0 Å². The second-order valence-corrected chi connectivity index (χ2v) is 5.74. The molecule has 1 saturated carbocycles. The van der Waals surface area contributed by atoms with Crippen molar-refractivity contribution in [1.82, 2.24) is 10.3 Å². The van der Waals surface area contributed by atoms with Crippen LogP contribution < -0.4 is 10.1 Å². The van der Waals surface area contributed by atoms with E-state index in [9.17, 15) is 0 Å². The molecule has 1 N–H and O–H groups in total. The summed E-state index contributed by atoms with van der Waals surface area (Å²) in [6.45, 7) is 5.81. The number of nitrogens with one attached hydrogen (secondary N) is 1. The van der Waals surface area contributed by atoms with Crippen LogP contribution in [0.2, 0.25) is 0 Å². The molecule has 1 aromatic heterocycles. The first-order chi connectivity index (χ1) is 9.79. The Hall–Kier alpha value is -1.09. The number of nitrogens with zero attached hydrogens (tertiary/aromatic N) is 1. The third-order valence-electron chi connectivity index (χ3n) is 4.05. The third-order valence-corrected chi connectivity index (χ3v) is 4.05. The van der Waals surface area contributed by atoms with Crippen LogP contribution in [-0.2, 0) is 6.42 Å². The largest absolute Gasteiger partial charge is 0.490 e. The van der Waals surface area contributed by atoms with Crippen molar-refractivity contribution in [2.24, 2.45) is 0 Å². The van der Waals surface area contributed by atoms with Gasteiger partial charge in [0.05, 0.1) is 5.69 Å². The number of aromatic nitrogens is 1. The second kappa shape index (κ2) is 8.25. The molecule has 3 heteroatoms. The van der Waals surface area contributed by atoms with Gasteiger partial charge in [-0.2, -0.15) is 0 Å². The maximum Gasteiger partial charge on any atom is 0.140 e. The fourth-order valence-corrected chi connectivity index (χ4v) is 2.89. The lowest BCUT2D eigenvalue weighted by Gasteiger charge is -2.17. The highest BCUT2D eigenvalue weighted by atomic mass is 16.5. The van der Waals surface area contributed by atoms with Gasteiger partial charge in [-0.15, -0.1) is 0 Å². The highest BCUT2D eigenvalue weighted by molar-refractivity contribution is 5.29. The zero-order chi connectivity index (χ0) is 14.2. The Bertz CT molecular complexity index is 398. The maximum atomic E-state index is 5.88. The lowest BCUT2D eigenvalue weighted by molar-refractivity contribution is 0.296. The van der Waals surface area contributed by atoms with E-state index in [1.54, 1.807) is 0 Å². The normalized spacial score (nSPS) is 16.9. The van der Waals surface area contributed by atoms with Gasteiger partial charge in [-0.1, -0.05) is 32.6 Å². The number of hydrogen-bond acceptors (Lipinski definition) is 3. The Kier molecular flexibility index (Phi) is 6.31. The zero-order valence-corrected chi connectivity index (χ0v) is 13.0. The highest BCUT2D eigenvalue weighted by Crippen LogP contribution is 2.18. The van der Waals surface area contributed by atoms with E-state index in [0.29, 0.717) is 6.04 Å². The Morgan fingerprint density at radius 3 is 2.65 bits per heavy atom. The quantitative estimate of drug-likeness (QED) is 0.636. The summed E-state index contributed by atoms with van der Waals surface area (Å²) in [6, 6.07) is 4.77. The zero-order valence-electron chi connectivity index (χ0n) is 13.0. The van der Waals surface area contributed by atoms with E-state index in [2.05, 4.69) is 17.2 Å². The second-order valence-electron chi connectivity index (χ2n) is 5.74. The van der Waals surface area contributed by atoms with Crippen LogP contribution in [0.15, 0.2) is 12.1 Å². The summed E-state index contributed by atoms with van der Waals surface area (Å²) in [7, 11) is 0. The van der Waals surface area contributed by atoms with Crippen LogP contribution in [0.25, 0.3) is 0 Å². The fraction of sp³-hybridized carbons (Fsp3) is 0.706. The molecule has 20 heavy (non-hydrogen) atoms. The molecule has 1 aliphatic carbocycles. The van der Waals surface area contributed by atoms with Gasteiger partial charge in [0, 0.05) is 18.3 Å². The summed E-state index contributed by atoms with van der Waals surface area (Å²) < 4.78 is 5.88. The summed E-state index contributed by atoms with van der Waals surface area (Å²) in [5.74, 6) is 0.945. The van der Waals surface area contributed by atoms with E-state index < -0.39 is 0 Å². The lowest BCUT2D eigenvalue weighted by Crippen LogP contribution is -2.32. The summed E-state index contributed by atoms with van der Waals surface area (Å²) in [6.07, 6.45) is 9.14. The summed E-state index contributed by atoms with van der Waals surface area (Å²) in [5, 5.41) is 3.64. The van der Waals surface area contributed by atoms with E-state index >= 15 is 0 Å². The Morgan fingerprint density at radius 2 is 1.95 bits per heavy atom. The fourth-order valence-electron chi connectivity index (χ4n) is 2.89. The van der Waals surface area contributed by atoms with Crippen LogP contribution in [0.5, 0.6) is 5.75 Å². The van der Waals surface area contributed by atoms with E-state index in [1.807, 2.05) is 19.1 Å². The van der Waals surface area contributed by atoms with Gasteiger partial charge < -0.3 is 10.1 Å². The molecule has 0 spiro atoms. The molecule has 0 aromatic carbocycles. The van der Waals surface area contributed by atoms with Crippen LogP contribution in [0.1, 0.15) is 56.8 Å². The van der Waals surface area contributed by atoms with Gasteiger partial charge in [0.25, 0.3) is 0 Å². The van der Waals surface area contributed by atoms with Gasteiger partial charge in [-0.25, -0.2) is 0 Å². The lowest BCUT2D eigenvalue weighted by atomic mass is 10.1. The van der Waals surface area contributed by atoms with Gasteiger partial charge in [0.2, 0.25) is 0 Å². The number of hydrogen-bond donors (Lipinski definition) is 1. The minimum absolute atomic E-state index is 0.697. The first-order valence-corrected chi connectivity index (χ1v) is 8.12. The standard InChI is InChI=1S/C17H28N2O/c1-3-16-17(11-10-14(2)19-16)20-13-12-18-15-8-6-4-5-7-9-15/h10-11,15,18H,3-9,12-13H2,1-2H3. The summed E-state index contributed by atoms with van der Waals surface area (Å²) in [5.41, 5.74) is 2.13. The van der Waals surface area contributed by atoms with E-state index in [0.717, 1.165) is 36.7 Å². The Labute approximate surface area is 123 Å². The molecule has 0 amide bonds. The minimum atomic E-state index is 0.697. The predicted molar refractivity (Wildman–Crippen MR) is 83.3 cm³/mol. The molecule has 0 bridgehead atoms. The Balaban J connectivity index is 1.72. The number of pyridine rings is 1. The average Bonchev–Trinajstić information content (AvgIpc) is 2.73. The SMILES string of the molecule is CCc1nc(C)ccc1OCCNC1CCCCCC1. The molecule has 2 rings (SSSR count). The molecular weight excluding hydrogens is 248 g/mol. The average molecular weight is 276 g/mol. The van der Waals surface area contributed by atoms with Crippen molar-refractivity contribution in [2.75, 3.05) is 13.2 Å². The summed E-state index contributed by atoms with van der Waals surface area (Å²) >= 11 is 0. The van der Waals surface area contributed by atoms with Gasteiger partial charge in [-0.05, 0) is 38.3 Å². The molecule has 0 unspecified atom stereocenters. The molecular formula is C17H28N2O. The first-order valence-electron chi connectivity index (χ1n) is 8.12. The van der Waals surface area contributed by atoms with Crippen molar-refractivity contribution < 1.29 is 4.74 Å². The number of aryl methyl sites for hydroxylation is 2. The Morgan fingerprint density at radius 1 is 1.20 bits per heavy atom. The van der Waals surface area contributed by atoms with Crippen molar-refractivity contribution >= 4 is 0 Å². The molecule has 3 nitrogen and oxygen atoms in total. The highest BCUT2D eigenvalue weighted by Gasteiger charge is 2.11. The maximum absolute atomic E-state index is 5.88. The minimum Gasteiger partial charge on any atom is -0.490 e. The van der Waals surface area contributed by atoms with Crippen molar-refractivity contribution in [3.05, 3.63) is 23.5 Å². The van der Waals surface area contributed by atoms with Gasteiger partial charge in [0.1, 0.15) is 12.4 Å². The molecule has 1 aliphatic rings. The van der Waals surface area contributed by atoms with Crippen LogP contribution in [0, 0.1) is 6.92 Å². The monoisotopic (exact) mass is 276 g/mol. The summed E-state index contributed by atoms with van der Waals surface area (Å²) in [4.78, 5) is 4.53. The molecule has 0 saturated heterocycles. The molecule has 112 valence electrons. The molecule has 0 atom stereocenters. The van der Waals surface area contributed by atoms with Gasteiger partial charge in [-0.3, -0.25) is 4.98 Å². The van der Waals surface area contributed by atoms with Crippen LogP contribution >= 0.6 is 0 Å². The first kappa shape index (κ1) is 15.3. The van der Waals surface area contributed by atoms with E-state index in [-0.39, 0.29) is 0 Å². The van der Waals surface area contributed by atoms with Gasteiger partial charge in [0.15, 0.2) is 0 Å². The number of rotatable bonds is 6. The van der Waals surface area contributed by atoms with Crippen molar-refractivity contribution in [3.8, 4) is 5.75 Å². The predicted octanol–water partition coefficient (Wildman–Crippen LogP) is 3.64. The van der Waals surface area contributed by atoms with Crippen molar-refractivity contribution in [1.29, 1.82) is 0 Å². The van der Waals surface area contributed by atoms with Crippen molar-refractivity contribution in [2.45, 2.75) is 64.8 Å². The number of ether oxygens (including phenoxy) is 1. The van der Waals surface area contributed by atoms with E-state index in [1.165, 1.54) is 38.5 Å².